The summed E-state index contributed by atoms with van der Waals surface area (Å²) in [6.07, 6.45) is 0. The Labute approximate surface area is 180 Å². The summed E-state index contributed by atoms with van der Waals surface area (Å²) < 4.78 is 2.11. The lowest BCUT2D eigenvalue weighted by atomic mass is 10.1. The highest BCUT2D eigenvalue weighted by Crippen LogP contribution is 2.31. The zero-order valence-electron chi connectivity index (χ0n) is 16.7. The van der Waals surface area contributed by atoms with Gasteiger partial charge in [-0.1, -0.05) is 71.4 Å². The van der Waals surface area contributed by atoms with Crippen LogP contribution in [0.25, 0.3) is 17.1 Å². The molecule has 1 aromatic heterocycles. The van der Waals surface area contributed by atoms with Gasteiger partial charge >= 0.3 is 0 Å². The fraction of sp³-hybridized carbons (Fsp3) is 0.167. The van der Waals surface area contributed by atoms with Crippen LogP contribution in [0.4, 0.5) is 0 Å². The van der Waals surface area contributed by atoms with E-state index in [-0.39, 0.29) is 0 Å². The highest BCUT2D eigenvalue weighted by Gasteiger charge is 2.16. The molecule has 0 atom stereocenters. The van der Waals surface area contributed by atoms with Gasteiger partial charge in [-0.3, -0.25) is 4.57 Å². The summed E-state index contributed by atoms with van der Waals surface area (Å²) in [4.78, 5) is 0. The molecule has 0 amide bonds. The maximum Gasteiger partial charge on any atom is 0.196 e. The number of benzene rings is 3. The molecule has 4 rings (SSSR count). The Kier molecular flexibility index (Phi) is 5.74. The number of aryl methyl sites for hydroxylation is 3. The zero-order chi connectivity index (χ0) is 20.4. The summed E-state index contributed by atoms with van der Waals surface area (Å²) in [5.74, 6) is 1.62. The van der Waals surface area contributed by atoms with Gasteiger partial charge in [0.25, 0.3) is 0 Å². The normalized spacial score (nSPS) is 11.0. The minimum Gasteiger partial charge on any atom is -0.270 e. The van der Waals surface area contributed by atoms with Crippen molar-refractivity contribution in [3.05, 3.63) is 94.0 Å². The Balaban J connectivity index is 1.73. The molecule has 0 spiro atoms. The molecule has 0 N–H and O–H groups in total. The van der Waals surface area contributed by atoms with Crippen LogP contribution in [0.5, 0.6) is 0 Å². The first kappa shape index (κ1) is 19.7. The van der Waals surface area contributed by atoms with Crippen molar-refractivity contribution in [2.45, 2.75) is 31.7 Å². The average molecular weight is 420 g/mol. The maximum absolute atomic E-state index is 6.23. The van der Waals surface area contributed by atoms with Crippen LogP contribution in [0.1, 0.15) is 22.3 Å². The molecule has 29 heavy (non-hydrogen) atoms. The van der Waals surface area contributed by atoms with Crippen molar-refractivity contribution in [2.24, 2.45) is 0 Å². The third-order valence-electron chi connectivity index (χ3n) is 4.95. The summed E-state index contributed by atoms with van der Waals surface area (Å²) in [5, 5.41) is 10.6. The van der Waals surface area contributed by atoms with Crippen molar-refractivity contribution in [3.8, 4) is 17.1 Å². The summed E-state index contributed by atoms with van der Waals surface area (Å²) in [5.41, 5.74) is 7.10. The lowest BCUT2D eigenvalue weighted by Crippen LogP contribution is -2.00. The third kappa shape index (κ3) is 4.39. The standard InChI is InChI=1S/C24H22ClN3S/c1-16-7-11-22(12-8-16)28-23(20-5-4-6-21(25)14-20)26-27-24(28)29-15-19-10-9-17(2)18(3)13-19/h4-14H,15H2,1-3H3. The van der Waals surface area contributed by atoms with Crippen LogP contribution in [0.3, 0.4) is 0 Å². The Morgan fingerprint density at radius 2 is 1.66 bits per heavy atom. The van der Waals surface area contributed by atoms with E-state index in [9.17, 15) is 0 Å². The first-order valence-electron chi connectivity index (χ1n) is 9.48. The van der Waals surface area contributed by atoms with Crippen LogP contribution < -0.4 is 0 Å². The van der Waals surface area contributed by atoms with Crippen LogP contribution in [-0.2, 0) is 5.75 Å². The fourth-order valence-electron chi connectivity index (χ4n) is 3.15. The van der Waals surface area contributed by atoms with E-state index in [0.717, 1.165) is 28.0 Å². The second-order valence-electron chi connectivity index (χ2n) is 7.19. The van der Waals surface area contributed by atoms with Crippen LogP contribution in [-0.4, -0.2) is 14.8 Å². The van der Waals surface area contributed by atoms with E-state index in [1.165, 1.54) is 22.3 Å². The topological polar surface area (TPSA) is 30.7 Å². The number of hydrogen-bond acceptors (Lipinski definition) is 3. The molecule has 0 aliphatic rings. The van der Waals surface area contributed by atoms with E-state index in [0.29, 0.717) is 5.02 Å². The zero-order valence-corrected chi connectivity index (χ0v) is 18.3. The molecule has 3 nitrogen and oxygen atoms in total. The molecule has 1 heterocycles. The summed E-state index contributed by atoms with van der Waals surface area (Å²) in [6.45, 7) is 6.37. The minimum atomic E-state index is 0.685. The number of thioether (sulfide) groups is 1. The van der Waals surface area contributed by atoms with Gasteiger partial charge in [0, 0.05) is 22.0 Å². The Hall–Kier alpha value is -2.56. The number of halogens is 1. The maximum atomic E-state index is 6.23. The van der Waals surface area contributed by atoms with Gasteiger partial charge in [-0.25, -0.2) is 0 Å². The molecule has 0 unspecified atom stereocenters. The predicted molar refractivity (Wildman–Crippen MR) is 122 cm³/mol. The molecule has 0 radical (unpaired) electrons. The van der Waals surface area contributed by atoms with E-state index >= 15 is 0 Å². The molecular formula is C24H22ClN3S. The van der Waals surface area contributed by atoms with Crippen molar-refractivity contribution in [1.82, 2.24) is 14.8 Å². The van der Waals surface area contributed by atoms with Gasteiger partial charge in [-0.2, -0.15) is 0 Å². The van der Waals surface area contributed by atoms with Crippen LogP contribution in [0.2, 0.25) is 5.02 Å². The predicted octanol–water partition coefficient (Wildman–Crippen LogP) is 6.81. The lowest BCUT2D eigenvalue weighted by molar-refractivity contribution is 0.885. The van der Waals surface area contributed by atoms with Gasteiger partial charge in [0.2, 0.25) is 0 Å². The highest BCUT2D eigenvalue weighted by molar-refractivity contribution is 7.98. The number of aromatic nitrogens is 3. The molecule has 3 aromatic carbocycles. The van der Waals surface area contributed by atoms with E-state index in [2.05, 4.69) is 78.0 Å². The molecule has 146 valence electrons. The van der Waals surface area contributed by atoms with Gasteiger partial charge in [0.05, 0.1) is 0 Å². The molecule has 0 fully saturated rings. The van der Waals surface area contributed by atoms with Gasteiger partial charge in [0.15, 0.2) is 11.0 Å². The van der Waals surface area contributed by atoms with Gasteiger partial charge in [-0.05, 0) is 61.7 Å². The molecule has 0 aliphatic carbocycles. The first-order valence-corrected chi connectivity index (χ1v) is 10.8. The largest absolute Gasteiger partial charge is 0.270 e. The van der Waals surface area contributed by atoms with Crippen LogP contribution in [0.15, 0.2) is 71.9 Å². The molecule has 0 bridgehead atoms. The molecule has 0 aliphatic heterocycles. The highest BCUT2D eigenvalue weighted by atomic mass is 35.5. The lowest BCUT2D eigenvalue weighted by Gasteiger charge is -2.11. The van der Waals surface area contributed by atoms with Crippen molar-refractivity contribution in [2.75, 3.05) is 0 Å². The summed E-state index contributed by atoms with van der Waals surface area (Å²) in [7, 11) is 0. The SMILES string of the molecule is Cc1ccc(-n2c(SCc3ccc(C)c(C)c3)nnc2-c2cccc(Cl)c2)cc1. The third-order valence-corrected chi connectivity index (χ3v) is 6.18. The number of nitrogens with zero attached hydrogens (tertiary/aromatic N) is 3. The van der Waals surface area contributed by atoms with Crippen molar-refractivity contribution >= 4 is 23.4 Å². The second kappa shape index (κ2) is 8.44. The smallest absolute Gasteiger partial charge is 0.196 e. The Morgan fingerprint density at radius 3 is 2.38 bits per heavy atom. The van der Waals surface area contributed by atoms with Gasteiger partial charge < -0.3 is 0 Å². The van der Waals surface area contributed by atoms with Crippen LogP contribution >= 0.6 is 23.4 Å². The molecule has 0 saturated carbocycles. The van der Waals surface area contributed by atoms with E-state index in [1.807, 2.05) is 24.3 Å². The molecule has 4 aromatic rings. The van der Waals surface area contributed by atoms with E-state index in [1.54, 1.807) is 11.8 Å². The molecular weight excluding hydrogens is 398 g/mol. The monoisotopic (exact) mass is 419 g/mol. The summed E-state index contributed by atoms with van der Waals surface area (Å²) in [6, 6.07) is 22.8. The quantitative estimate of drug-likeness (QED) is 0.333. The molecule has 0 saturated heterocycles. The fourth-order valence-corrected chi connectivity index (χ4v) is 4.23. The number of hydrogen-bond donors (Lipinski definition) is 0. The van der Waals surface area contributed by atoms with Crippen molar-refractivity contribution in [3.63, 3.8) is 0 Å². The van der Waals surface area contributed by atoms with Crippen molar-refractivity contribution < 1.29 is 0 Å². The van der Waals surface area contributed by atoms with E-state index in [4.69, 9.17) is 11.6 Å². The van der Waals surface area contributed by atoms with Crippen LogP contribution in [0, 0.1) is 20.8 Å². The van der Waals surface area contributed by atoms with Crippen molar-refractivity contribution in [1.29, 1.82) is 0 Å². The van der Waals surface area contributed by atoms with Gasteiger partial charge in [-0.15, -0.1) is 10.2 Å². The van der Waals surface area contributed by atoms with E-state index < -0.39 is 0 Å². The second-order valence-corrected chi connectivity index (χ2v) is 8.57. The molecule has 5 heteroatoms. The average Bonchev–Trinajstić information content (AvgIpc) is 3.13. The minimum absolute atomic E-state index is 0.685. The number of rotatable bonds is 5. The first-order chi connectivity index (χ1) is 14.0. The Bertz CT molecular complexity index is 1150. The Morgan fingerprint density at radius 1 is 0.862 bits per heavy atom. The summed E-state index contributed by atoms with van der Waals surface area (Å²) >= 11 is 7.92. The van der Waals surface area contributed by atoms with Gasteiger partial charge in [0.1, 0.15) is 0 Å².